The van der Waals surface area contributed by atoms with Crippen molar-refractivity contribution in [3.63, 3.8) is 0 Å². The molecule has 0 amide bonds. The highest BCUT2D eigenvalue weighted by atomic mass is 79.9. The number of carboxylic acids is 1. The molecular weight excluding hydrogens is 332 g/mol. The van der Waals surface area contributed by atoms with E-state index in [4.69, 9.17) is 10.4 Å². The van der Waals surface area contributed by atoms with Gasteiger partial charge in [-0.15, -0.1) is 0 Å². The summed E-state index contributed by atoms with van der Waals surface area (Å²) in [6, 6.07) is 7.88. The summed E-state index contributed by atoms with van der Waals surface area (Å²) in [6.45, 7) is 5.82. The van der Waals surface area contributed by atoms with Gasteiger partial charge in [-0.3, -0.25) is 0 Å². The van der Waals surface area contributed by atoms with Crippen LogP contribution in [0.4, 0.5) is 5.69 Å². The minimum atomic E-state index is -0.967. The van der Waals surface area contributed by atoms with E-state index in [9.17, 15) is 4.79 Å². The average Bonchev–Trinajstić information content (AvgIpc) is 2.41. The van der Waals surface area contributed by atoms with E-state index in [1.54, 1.807) is 6.08 Å². The molecule has 21 heavy (non-hydrogen) atoms. The molecule has 1 aromatic rings. The minimum Gasteiger partial charge on any atom is -0.478 e. The molecule has 0 aliphatic heterocycles. The monoisotopic (exact) mass is 350 g/mol. The molecule has 4 nitrogen and oxygen atoms in total. The molecule has 5 heteroatoms. The molecule has 0 radical (unpaired) electrons. The van der Waals surface area contributed by atoms with Crippen LogP contribution in [-0.4, -0.2) is 24.2 Å². The molecule has 0 aromatic heterocycles. The Bertz CT molecular complexity index is 562. The Balaban J connectivity index is 2.98. The fourth-order valence-electron chi connectivity index (χ4n) is 1.99. The van der Waals surface area contributed by atoms with Crippen LogP contribution in [0.25, 0.3) is 6.08 Å². The van der Waals surface area contributed by atoms with Crippen molar-refractivity contribution in [2.24, 2.45) is 5.92 Å². The summed E-state index contributed by atoms with van der Waals surface area (Å²) < 4.78 is 0.897. The van der Waals surface area contributed by atoms with Gasteiger partial charge in [0, 0.05) is 23.6 Å². The number of carbonyl (C=O) groups is 1. The van der Waals surface area contributed by atoms with Crippen molar-refractivity contribution in [3.8, 4) is 6.07 Å². The highest BCUT2D eigenvalue weighted by molar-refractivity contribution is 9.10. The number of nitrogens with zero attached hydrogens (tertiary/aromatic N) is 2. The summed E-state index contributed by atoms with van der Waals surface area (Å²) in [5, 5.41) is 17.4. The number of aliphatic carboxylic acids is 1. The van der Waals surface area contributed by atoms with Gasteiger partial charge in [-0.25, -0.2) is 4.79 Å². The van der Waals surface area contributed by atoms with Crippen LogP contribution < -0.4 is 4.90 Å². The number of carboxylic acid groups (broad SMARTS) is 1. The van der Waals surface area contributed by atoms with Gasteiger partial charge in [0.1, 0.15) is 0 Å². The summed E-state index contributed by atoms with van der Waals surface area (Å²) in [7, 11) is 0. The summed E-state index contributed by atoms with van der Waals surface area (Å²) in [6.07, 6.45) is 3.14. The van der Waals surface area contributed by atoms with Gasteiger partial charge >= 0.3 is 5.97 Å². The fraction of sp³-hybridized carbons (Fsp3) is 0.375. The van der Waals surface area contributed by atoms with Crippen molar-refractivity contribution in [2.75, 3.05) is 18.0 Å². The molecule has 0 bridgehead atoms. The zero-order valence-electron chi connectivity index (χ0n) is 12.2. The van der Waals surface area contributed by atoms with Gasteiger partial charge in [0.15, 0.2) is 0 Å². The maximum absolute atomic E-state index is 10.5. The number of halogens is 1. The van der Waals surface area contributed by atoms with Gasteiger partial charge in [-0.05, 0) is 45.6 Å². The molecular formula is C16H19BrN2O2. The third-order valence-corrected chi connectivity index (χ3v) is 3.45. The predicted octanol–water partition coefficient (Wildman–Crippen LogP) is 3.92. The lowest BCUT2D eigenvalue weighted by Crippen LogP contribution is -2.28. The molecule has 0 saturated carbocycles. The number of rotatable bonds is 7. The first-order valence-electron chi connectivity index (χ1n) is 6.76. The van der Waals surface area contributed by atoms with Crippen LogP contribution in [0.5, 0.6) is 0 Å². The number of benzene rings is 1. The Kier molecular flexibility index (Phi) is 6.97. The van der Waals surface area contributed by atoms with Crippen molar-refractivity contribution < 1.29 is 9.90 Å². The standard InChI is InChI=1S/C16H19BrN2O2/c1-12(2)11-19(9-3-8-18)15-6-4-13(10-14(15)17)5-7-16(20)21/h4-7,10,12H,3,9,11H2,1-2H3,(H,20,21)/b7-5+. The Morgan fingerprint density at radius 2 is 2.24 bits per heavy atom. The Hall–Kier alpha value is -1.80. The van der Waals surface area contributed by atoms with Crippen molar-refractivity contribution in [1.82, 2.24) is 0 Å². The molecule has 0 spiro atoms. The van der Waals surface area contributed by atoms with E-state index < -0.39 is 5.97 Å². The average molecular weight is 351 g/mol. The van der Waals surface area contributed by atoms with E-state index in [2.05, 4.69) is 40.7 Å². The Labute approximate surface area is 133 Å². The van der Waals surface area contributed by atoms with Crippen LogP contribution >= 0.6 is 15.9 Å². The van der Waals surface area contributed by atoms with Gasteiger partial charge < -0.3 is 10.0 Å². The van der Waals surface area contributed by atoms with Crippen molar-refractivity contribution in [3.05, 3.63) is 34.3 Å². The number of nitriles is 1. The van der Waals surface area contributed by atoms with E-state index >= 15 is 0 Å². The van der Waals surface area contributed by atoms with Crippen LogP contribution in [0.2, 0.25) is 0 Å². The fourth-order valence-corrected chi connectivity index (χ4v) is 2.63. The number of hydrogen-bond acceptors (Lipinski definition) is 3. The maximum Gasteiger partial charge on any atom is 0.328 e. The van der Waals surface area contributed by atoms with Crippen molar-refractivity contribution >= 4 is 33.7 Å². The predicted molar refractivity (Wildman–Crippen MR) is 88.1 cm³/mol. The molecule has 0 unspecified atom stereocenters. The molecule has 0 heterocycles. The summed E-state index contributed by atoms with van der Waals surface area (Å²) >= 11 is 3.53. The lowest BCUT2D eigenvalue weighted by atomic mass is 10.1. The van der Waals surface area contributed by atoms with E-state index in [0.29, 0.717) is 18.9 Å². The SMILES string of the molecule is CC(C)CN(CCC#N)c1ccc(/C=C/C(=O)O)cc1Br. The molecule has 0 atom stereocenters. The molecule has 0 aliphatic carbocycles. The van der Waals surface area contributed by atoms with Gasteiger partial charge in [-0.1, -0.05) is 19.9 Å². The quantitative estimate of drug-likeness (QED) is 0.756. The normalized spacial score (nSPS) is 10.8. The van der Waals surface area contributed by atoms with Crippen LogP contribution in [0.3, 0.4) is 0 Å². The largest absolute Gasteiger partial charge is 0.478 e. The van der Waals surface area contributed by atoms with Gasteiger partial charge in [0.25, 0.3) is 0 Å². The lowest BCUT2D eigenvalue weighted by Gasteiger charge is -2.27. The maximum atomic E-state index is 10.5. The molecule has 1 aromatic carbocycles. The van der Waals surface area contributed by atoms with E-state index in [-0.39, 0.29) is 0 Å². The van der Waals surface area contributed by atoms with Crippen LogP contribution in [0, 0.1) is 17.2 Å². The molecule has 112 valence electrons. The number of anilines is 1. The molecule has 1 rings (SSSR count). The van der Waals surface area contributed by atoms with E-state index in [0.717, 1.165) is 28.3 Å². The van der Waals surface area contributed by atoms with Gasteiger partial charge in [-0.2, -0.15) is 5.26 Å². The topological polar surface area (TPSA) is 64.3 Å². The zero-order valence-corrected chi connectivity index (χ0v) is 13.8. The van der Waals surface area contributed by atoms with Crippen LogP contribution in [0.15, 0.2) is 28.7 Å². The summed E-state index contributed by atoms with van der Waals surface area (Å²) in [5.41, 5.74) is 1.84. The first-order valence-corrected chi connectivity index (χ1v) is 7.55. The zero-order chi connectivity index (χ0) is 15.8. The number of hydrogen-bond donors (Lipinski definition) is 1. The second-order valence-electron chi connectivity index (χ2n) is 5.13. The molecule has 1 N–H and O–H groups in total. The Morgan fingerprint density at radius 3 is 2.76 bits per heavy atom. The van der Waals surface area contributed by atoms with Gasteiger partial charge in [0.2, 0.25) is 0 Å². The van der Waals surface area contributed by atoms with E-state index in [1.165, 1.54) is 0 Å². The molecule has 0 fully saturated rings. The van der Waals surface area contributed by atoms with Crippen molar-refractivity contribution in [2.45, 2.75) is 20.3 Å². The molecule has 0 aliphatic rings. The summed E-state index contributed by atoms with van der Waals surface area (Å²) in [4.78, 5) is 12.7. The second kappa shape index (κ2) is 8.48. The van der Waals surface area contributed by atoms with Crippen LogP contribution in [-0.2, 0) is 4.79 Å². The third kappa shape index (κ3) is 6.01. The Morgan fingerprint density at radius 1 is 1.52 bits per heavy atom. The first kappa shape index (κ1) is 17.3. The summed E-state index contributed by atoms with van der Waals surface area (Å²) in [5.74, 6) is -0.479. The highest BCUT2D eigenvalue weighted by Gasteiger charge is 2.11. The van der Waals surface area contributed by atoms with Gasteiger partial charge in [0.05, 0.1) is 18.2 Å². The lowest BCUT2D eigenvalue weighted by molar-refractivity contribution is -0.131. The van der Waals surface area contributed by atoms with Crippen LogP contribution in [0.1, 0.15) is 25.8 Å². The minimum absolute atomic E-state index is 0.472. The second-order valence-corrected chi connectivity index (χ2v) is 5.98. The van der Waals surface area contributed by atoms with E-state index in [1.807, 2.05) is 18.2 Å². The smallest absolute Gasteiger partial charge is 0.328 e. The highest BCUT2D eigenvalue weighted by Crippen LogP contribution is 2.28. The van der Waals surface area contributed by atoms with Crippen molar-refractivity contribution in [1.29, 1.82) is 5.26 Å². The third-order valence-electron chi connectivity index (χ3n) is 2.81. The first-order chi connectivity index (χ1) is 9.93. The molecule has 0 saturated heterocycles.